The fourth-order valence-electron chi connectivity index (χ4n) is 5.62. The molecule has 0 saturated heterocycles. The van der Waals surface area contributed by atoms with Gasteiger partial charge in [0.25, 0.3) is 5.91 Å². The van der Waals surface area contributed by atoms with Gasteiger partial charge in [-0.25, -0.2) is 4.79 Å². The standard InChI is InChI=1S/C34H47F3N4O5/c1-22-18-41(23(2)21-42)32(43)29-17-28(39-33(44)38-27-12-10-26(11-13-27)34(35,36)37)14-15-30(29)46-24(3)7-5-6-16-45-31(22)20-40(4)19-25-8-9-25/h10-15,17,22-25,31,42H,5-9,16,18-21H2,1-4H3,(H2,38,39,44)/t22-,23+,24-,31-/m1/s1. The van der Waals surface area contributed by atoms with Crippen LogP contribution in [0.3, 0.4) is 0 Å². The lowest BCUT2D eigenvalue weighted by atomic mass is 10.0. The Morgan fingerprint density at radius 2 is 1.72 bits per heavy atom. The first-order valence-electron chi connectivity index (χ1n) is 16.1. The van der Waals surface area contributed by atoms with Crippen molar-refractivity contribution in [1.82, 2.24) is 9.80 Å². The maximum atomic E-state index is 14.2. The molecule has 12 heteroatoms. The highest BCUT2D eigenvalue weighted by Crippen LogP contribution is 2.32. The van der Waals surface area contributed by atoms with Crippen molar-refractivity contribution in [3.63, 3.8) is 0 Å². The van der Waals surface area contributed by atoms with Crippen molar-refractivity contribution in [1.29, 1.82) is 0 Å². The van der Waals surface area contributed by atoms with Gasteiger partial charge in [0.2, 0.25) is 0 Å². The Kier molecular flexibility index (Phi) is 12.3. The van der Waals surface area contributed by atoms with Crippen LogP contribution in [-0.4, -0.2) is 85.0 Å². The number of carbonyl (C=O) groups excluding carboxylic acids is 2. The number of hydrogen-bond acceptors (Lipinski definition) is 6. The molecule has 2 aromatic carbocycles. The minimum Gasteiger partial charge on any atom is -0.490 e. The van der Waals surface area contributed by atoms with E-state index < -0.39 is 23.8 Å². The van der Waals surface area contributed by atoms with Crippen LogP contribution in [0.5, 0.6) is 5.75 Å². The highest BCUT2D eigenvalue weighted by atomic mass is 19.4. The van der Waals surface area contributed by atoms with Gasteiger partial charge in [-0.2, -0.15) is 13.2 Å². The molecule has 1 saturated carbocycles. The summed E-state index contributed by atoms with van der Waals surface area (Å²) in [5, 5.41) is 15.3. The van der Waals surface area contributed by atoms with Crippen molar-refractivity contribution in [2.75, 3.05) is 50.5 Å². The van der Waals surface area contributed by atoms with Crippen molar-refractivity contribution in [2.24, 2.45) is 11.8 Å². The average Bonchev–Trinajstić information content (AvgIpc) is 3.82. The van der Waals surface area contributed by atoms with Crippen molar-refractivity contribution < 1.29 is 37.3 Å². The number of fused-ring (bicyclic) bond motifs is 1. The van der Waals surface area contributed by atoms with Crippen LogP contribution < -0.4 is 15.4 Å². The minimum atomic E-state index is -4.48. The maximum Gasteiger partial charge on any atom is 0.416 e. The van der Waals surface area contributed by atoms with E-state index in [2.05, 4.69) is 29.5 Å². The van der Waals surface area contributed by atoms with Crippen LogP contribution in [0.2, 0.25) is 0 Å². The molecule has 2 aromatic rings. The molecule has 1 aliphatic carbocycles. The van der Waals surface area contributed by atoms with Gasteiger partial charge in [0.05, 0.1) is 36.0 Å². The van der Waals surface area contributed by atoms with Gasteiger partial charge in [-0.1, -0.05) is 6.92 Å². The molecule has 0 bridgehead atoms. The number of alkyl halides is 3. The van der Waals surface area contributed by atoms with E-state index in [1.807, 2.05) is 6.92 Å². The fourth-order valence-corrected chi connectivity index (χ4v) is 5.62. The molecule has 4 atom stereocenters. The topological polar surface area (TPSA) is 103 Å². The van der Waals surface area contributed by atoms with Gasteiger partial charge in [0, 0.05) is 43.5 Å². The number of carbonyl (C=O) groups is 2. The van der Waals surface area contributed by atoms with Gasteiger partial charge in [-0.15, -0.1) is 0 Å². The molecule has 1 heterocycles. The maximum absolute atomic E-state index is 14.2. The summed E-state index contributed by atoms with van der Waals surface area (Å²) in [6.45, 7) is 8.26. The summed E-state index contributed by atoms with van der Waals surface area (Å²) in [7, 11) is 2.11. The number of aliphatic hydroxyl groups excluding tert-OH is 1. The third-order valence-corrected chi connectivity index (χ3v) is 8.54. The number of halogens is 3. The summed E-state index contributed by atoms with van der Waals surface area (Å²) in [5.41, 5.74) is -0.126. The number of aliphatic hydroxyl groups is 1. The highest BCUT2D eigenvalue weighted by molar-refractivity contribution is 6.02. The monoisotopic (exact) mass is 648 g/mol. The fraction of sp³-hybridized carbons (Fsp3) is 0.588. The van der Waals surface area contributed by atoms with Gasteiger partial charge in [0.1, 0.15) is 5.75 Å². The Hall–Kier alpha value is -3.35. The lowest BCUT2D eigenvalue weighted by Crippen LogP contribution is -2.47. The molecule has 46 heavy (non-hydrogen) atoms. The molecule has 254 valence electrons. The number of urea groups is 1. The SMILES string of the molecule is C[C@@H]1CCCCO[C@H](CN(C)CC2CC2)[C@H](C)CN([C@@H](C)CO)C(=O)c2cc(NC(=O)Nc3ccc(C(F)(F)F)cc3)ccc2O1. The predicted octanol–water partition coefficient (Wildman–Crippen LogP) is 6.49. The Morgan fingerprint density at radius 1 is 1.04 bits per heavy atom. The van der Waals surface area contributed by atoms with Gasteiger partial charge >= 0.3 is 12.2 Å². The van der Waals surface area contributed by atoms with E-state index in [9.17, 15) is 27.9 Å². The number of hydrogen-bond donors (Lipinski definition) is 3. The molecular weight excluding hydrogens is 601 g/mol. The average molecular weight is 649 g/mol. The molecule has 4 rings (SSSR count). The summed E-state index contributed by atoms with van der Waals surface area (Å²) in [5.74, 6) is 0.707. The zero-order chi connectivity index (χ0) is 33.4. The Balaban J connectivity index is 1.57. The first-order chi connectivity index (χ1) is 21.8. The van der Waals surface area contributed by atoms with E-state index in [0.717, 1.165) is 50.4 Å². The highest BCUT2D eigenvalue weighted by Gasteiger charge is 2.32. The molecule has 1 aliphatic heterocycles. The minimum absolute atomic E-state index is 0.0401. The molecule has 0 aromatic heterocycles. The number of rotatable bonds is 8. The van der Waals surface area contributed by atoms with Gasteiger partial charge in [-0.3, -0.25) is 4.79 Å². The van der Waals surface area contributed by atoms with Crippen LogP contribution in [0.1, 0.15) is 68.8 Å². The molecule has 3 amide bonds. The first-order valence-corrected chi connectivity index (χ1v) is 16.1. The quantitative estimate of drug-likeness (QED) is 0.303. The summed E-state index contributed by atoms with van der Waals surface area (Å²) in [6.07, 6.45) is 0.252. The Bertz CT molecular complexity index is 1300. The number of benzene rings is 2. The molecule has 3 N–H and O–H groups in total. The smallest absolute Gasteiger partial charge is 0.416 e. The number of anilines is 2. The van der Waals surface area contributed by atoms with Crippen LogP contribution in [0.15, 0.2) is 42.5 Å². The van der Waals surface area contributed by atoms with E-state index >= 15 is 0 Å². The molecular formula is C34H47F3N4O5. The number of ether oxygens (including phenoxy) is 2. The van der Waals surface area contributed by atoms with E-state index in [-0.39, 0.29) is 41.9 Å². The van der Waals surface area contributed by atoms with Crippen molar-refractivity contribution >= 4 is 23.3 Å². The number of nitrogens with zero attached hydrogens (tertiary/aromatic N) is 2. The van der Waals surface area contributed by atoms with Crippen LogP contribution in [0.25, 0.3) is 0 Å². The molecule has 0 unspecified atom stereocenters. The van der Waals surface area contributed by atoms with Gasteiger partial charge in [-0.05, 0) is 101 Å². The van der Waals surface area contributed by atoms with Gasteiger partial charge in [0.15, 0.2) is 0 Å². The number of likely N-dealkylation sites (N-methyl/N-ethyl adjacent to an activating group) is 1. The molecule has 1 fully saturated rings. The number of amides is 3. The second-order valence-corrected chi connectivity index (χ2v) is 12.8. The number of nitrogens with one attached hydrogen (secondary N) is 2. The van der Waals surface area contributed by atoms with Crippen LogP contribution in [0.4, 0.5) is 29.3 Å². The second kappa shape index (κ2) is 16.0. The summed E-state index contributed by atoms with van der Waals surface area (Å²) >= 11 is 0. The van der Waals surface area contributed by atoms with E-state index in [1.165, 1.54) is 31.0 Å². The Labute approximate surface area is 269 Å². The third-order valence-electron chi connectivity index (χ3n) is 8.54. The first kappa shape index (κ1) is 35.5. The lowest BCUT2D eigenvalue weighted by molar-refractivity contribution is -0.137. The normalized spacial score (nSPS) is 22.4. The zero-order valence-electron chi connectivity index (χ0n) is 27.1. The molecule has 0 radical (unpaired) electrons. The molecule has 0 spiro atoms. The Morgan fingerprint density at radius 3 is 2.37 bits per heavy atom. The van der Waals surface area contributed by atoms with Gasteiger partial charge < -0.3 is 35.0 Å². The van der Waals surface area contributed by atoms with Crippen molar-refractivity contribution in [3.05, 3.63) is 53.6 Å². The van der Waals surface area contributed by atoms with E-state index in [1.54, 1.807) is 24.0 Å². The van der Waals surface area contributed by atoms with Crippen LogP contribution in [0, 0.1) is 11.8 Å². The third kappa shape index (κ3) is 10.3. The second-order valence-electron chi connectivity index (χ2n) is 12.8. The summed E-state index contributed by atoms with van der Waals surface area (Å²) < 4.78 is 51.4. The molecule has 9 nitrogen and oxygen atoms in total. The van der Waals surface area contributed by atoms with Crippen LogP contribution in [-0.2, 0) is 10.9 Å². The summed E-state index contributed by atoms with van der Waals surface area (Å²) in [6, 6.07) is 7.69. The lowest BCUT2D eigenvalue weighted by Gasteiger charge is -2.36. The van der Waals surface area contributed by atoms with E-state index in [0.29, 0.717) is 24.6 Å². The predicted molar refractivity (Wildman–Crippen MR) is 171 cm³/mol. The van der Waals surface area contributed by atoms with Crippen LogP contribution >= 0.6 is 0 Å². The zero-order valence-corrected chi connectivity index (χ0v) is 27.1. The molecule has 2 aliphatic rings. The van der Waals surface area contributed by atoms with Crippen molar-refractivity contribution in [2.45, 2.75) is 77.3 Å². The van der Waals surface area contributed by atoms with Crippen molar-refractivity contribution in [3.8, 4) is 5.75 Å². The largest absolute Gasteiger partial charge is 0.490 e. The summed E-state index contributed by atoms with van der Waals surface area (Å²) in [4.78, 5) is 31.0. The van der Waals surface area contributed by atoms with E-state index in [4.69, 9.17) is 9.47 Å².